The molecule has 0 aliphatic carbocycles. The Bertz CT molecular complexity index is 641. The third-order valence-electron chi connectivity index (χ3n) is 4.28. The lowest BCUT2D eigenvalue weighted by atomic mass is 9.96. The van der Waals surface area contributed by atoms with Gasteiger partial charge in [-0.3, -0.25) is 4.79 Å². The molecule has 1 aliphatic rings. The smallest absolute Gasteiger partial charge is 0.227 e. The standard InChI is InChI=1S/C17H22N2O2/c1-3-12-10-19(11-12)16(20)8-13-9-18-14-6-5-7-15(17(13)14)21-4-2/h5-7,9,12,18H,3-4,8,10-11H2,1-2H3. The van der Waals surface area contributed by atoms with Crippen LogP contribution in [0.2, 0.25) is 0 Å². The van der Waals surface area contributed by atoms with Crippen molar-refractivity contribution in [3.8, 4) is 5.75 Å². The van der Waals surface area contributed by atoms with Gasteiger partial charge in [0.2, 0.25) is 5.91 Å². The molecule has 1 aromatic heterocycles. The lowest BCUT2D eigenvalue weighted by molar-refractivity contribution is -0.136. The number of rotatable bonds is 5. The number of benzene rings is 1. The number of fused-ring (bicyclic) bond motifs is 1. The monoisotopic (exact) mass is 286 g/mol. The molecule has 4 heteroatoms. The van der Waals surface area contributed by atoms with E-state index in [-0.39, 0.29) is 5.91 Å². The summed E-state index contributed by atoms with van der Waals surface area (Å²) < 4.78 is 5.69. The third kappa shape index (κ3) is 2.62. The van der Waals surface area contributed by atoms with E-state index in [1.54, 1.807) is 0 Å². The number of nitrogens with one attached hydrogen (secondary N) is 1. The third-order valence-corrected chi connectivity index (χ3v) is 4.28. The van der Waals surface area contributed by atoms with Gasteiger partial charge in [-0.15, -0.1) is 0 Å². The van der Waals surface area contributed by atoms with Crippen molar-refractivity contribution < 1.29 is 9.53 Å². The van der Waals surface area contributed by atoms with E-state index in [1.165, 1.54) is 0 Å². The molecule has 0 unspecified atom stereocenters. The van der Waals surface area contributed by atoms with E-state index < -0.39 is 0 Å². The number of H-pyrrole nitrogens is 1. The molecule has 0 saturated carbocycles. The minimum atomic E-state index is 0.215. The number of carbonyl (C=O) groups excluding carboxylic acids is 1. The molecule has 2 heterocycles. The fraction of sp³-hybridized carbons (Fsp3) is 0.471. The first-order valence-electron chi connectivity index (χ1n) is 7.72. The Labute approximate surface area is 125 Å². The van der Waals surface area contributed by atoms with E-state index in [4.69, 9.17) is 4.74 Å². The van der Waals surface area contributed by atoms with Crippen LogP contribution < -0.4 is 4.74 Å². The molecule has 0 bridgehead atoms. The number of aromatic amines is 1. The highest BCUT2D eigenvalue weighted by Crippen LogP contribution is 2.30. The number of ether oxygens (including phenoxy) is 1. The van der Waals surface area contributed by atoms with E-state index >= 15 is 0 Å². The highest BCUT2D eigenvalue weighted by atomic mass is 16.5. The molecule has 1 saturated heterocycles. The van der Waals surface area contributed by atoms with Crippen molar-refractivity contribution in [1.29, 1.82) is 0 Å². The number of amides is 1. The average Bonchev–Trinajstić information content (AvgIpc) is 2.82. The van der Waals surface area contributed by atoms with Gasteiger partial charge in [-0.1, -0.05) is 13.0 Å². The normalized spacial score (nSPS) is 15.2. The second-order valence-corrected chi connectivity index (χ2v) is 5.68. The summed E-state index contributed by atoms with van der Waals surface area (Å²) in [6, 6.07) is 5.95. The van der Waals surface area contributed by atoms with Crippen LogP contribution in [-0.2, 0) is 11.2 Å². The highest BCUT2D eigenvalue weighted by Gasteiger charge is 2.29. The van der Waals surface area contributed by atoms with Gasteiger partial charge in [-0.05, 0) is 37.0 Å². The molecule has 2 aromatic rings. The van der Waals surface area contributed by atoms with Crippen molar-refractivity contribution in [3.05, 3.63) is 30.0 Å². The van der Waals surface area contributed by atoms with Crippen molar-refractivity contribution >= 4 is 16.8 Å². The van der Waals surface area contributed by atoms with E-state index in [2.05, 4.69) is 11.9 Å². The molecule has 1 aliphatic heterocycles. The lowest BCUT2D eigenvalue weighted by Gasteiger charge is -2.39. The minimum absolute atomic E-state index is 0.215. The first kappa shape index (κ1) is 14.0. The van der Waals surface area contributed by atoms with Gasteiger partial charge in [-0.2, -0.15) is 0 Å². The SMILES string of the molecule is CCOc1cccc2[nH]cc(CC(=O)N3CC(CC)C3)c12. The van der Waals surface area contributed by atoms with Gasteiger partial charge in [0.1, 0.15) is 5.75 Å². The molecule has 0 radical (unpaired) electrons. The maximum Gasteiger partial charge on any atom is 0.227 e. The van der Waals surface area contributed by atoms with Crippen LogP contribution in [0.5, 0.6) is 5.75 Å². The topological polar surface area (TPSA) is 45.3 Å². The lowest BCUT2D eigenvalue weighted by Crippen LogP contribution is -2.50. The van der Waals surface area contributed by atoms with Crippen LogP contribution in [-0.4, -0.2) is 35.5 Å². The van der Waals surface area contributed by atoms with Crippen LogP contribution in [0.3, 0.4) is 0 Å². The summed E-state index contributed by atoms with van der Waals surface area (Å²) in [5, 5.41) is 1.04. The Hall–Kier alpha value is -1.97. The second kappa shape index (κ2) is 5.80. The van der Waals surface area contributed by atoms with Crippen LogP contribution >= 0.6 is 0 Å². The van der Waals surface area contributed by atoms with Crippen molar-refractivity contribution in [2.24, 2.45) is 5.92 Å². The summed E-state index contributed by atoms with van der Waals surface area (Å²) >= 11 is 0. The number of nitrogens with zero attached hydrogens (tertiary/aromatic N) is 1. The maximum atomic E-state index is 12.3. The van der Waals surface area contributed by atoms with E-state index in [1.807, 2.05) is 36.2 Å². The summed E-state index contributed by atoms with van der Waals surface area (Å²) in [5.41, 5.74) is 2.05. The molecule has 21 heavy (non-hydrogen) atoms. The Morgan fingerprint density at radius 2 is 2.19 bits per heavy atom. The first-order chi connectivity index (χ1) is 10.2. The van der Waals surface area contributed by atoms with Gasteiger partial charge < -0.3 is 14.6 Å². The van der Waals surface area contributed by atoms with Crippen molar-refractivity contribution in [2.45, 2.75) is 26.7 Å². The van der Waals surface area contributed by atoms with Crippen molar-refractivity contribution in [1.82, 2.24) is 9.88 Å². The molecule has 1 amide bonds. The highest BCUT2D eigenvalue weighted by molar-refractivity contribution is 5.93. The Morgan fingerprint density at radius 1 is 1.38 bits per heavy atom. The fourth-order valence-electron chi connectivity index (χ4n) is 2.94. The molecule has 0 spiro atoms. The summed E-state index contributed by atoms with van der Waals surface area (Å²) in [7, 11) is 0. The molecule has 1 N–H and O–H groups in total. The van der Waals surface area contributed by atoms with E-state index in [9.17, 15) is 4.79 Å². The maximum absolute atomic E-state index is 12.3. The van der Waals surface area contributed by atoms with Gasteiger partial charge in [0, 0.05) is 30.2 Å². The predicted molar refractivity (Wildman–Crippen MR) is 83.5 cm³/mol. The Kier molecular flexibility index (Phi) is 3.86. The van der Waals surface area contributed by atoms with Crippen LogP contribution in [0.15, 0.2) is 24.4 Å². The number of hydrogen-bond donors (Lipinski definition) is 1. The molecular formula is C17H22N2O2. The molecule has 4 nitrogen and oxygen atoms in total. The summed E-state index contributed by atoms with van der Waals surface area (Å²) in [4.78, 5) is 17.5. The van der Waals surface area contributed by atoms with Gasteiger partial charge in [0.15, 0.2) is 0 Å². The number of carbonyl (C=O) groups is 1. The number of hydrogen-bond acceptors (Lipinski definition) is 2. The van der Waals surface area contributed by atoms with E-state index in [0.29, 0.717) is 18.9 Å². The van der Waals surface area contributed by atoms with Crippen LogP contribution in [0, 0.1) is 5.92 Å². The average molecular weight is 286 g/mol. The molecule has 112 valence electrons. The Balaban J connectivity index is 1.79. The molecule has 1 aromatic carbocycles. The molecular weight excluding hydrogens is 264 g/mol. The zero-order valence-corrected chi connectivity index (χ0v) is 12.7. The van der Waals surface area contributed by atoms with Crippen LogP contribution in [0.4, 0.5) is 0 Å². The van der Waals surface area contributed by atoms with Crippen molar-refractivity contribution in [2.75, 3.05) is 19.7 Å². The summed E-state index contributed by atoms with van der Waals surface area (Å²) in [5.74, 6) is 1.76. The largest absolute Gasteiger partial charge is 0.493 e. The molecule has 1 fully saturated rings. The van der Waals surface area contributed by atoms with Gasteiger partial charge in [0.25, 0.3) is 0 Å². The fourth-order valence-corrected chi connectivity index (χ4v) is 2.94. The zero-order valence-electron chi connectivity index (χ0n) is 12.7. The molecule has 0 atom stereocenters. The summed E-state index contributed by atoms with van der Waals surface area (Å²) in [6.07, 6.45) is 3.54. The number of aromatic nitrogens is 1. The summed E-state index contributed by atoms with van der Waals surface area (Å²) in [6.45, 7) is 6.61. The van der Waals surface area contributed by atoms with E-state index in [0.717, 1.165) is 41.7 Å². The second-order valence-electron chi connectivity index (χ2n) is 5.68. The van der Waals surface area contributed by atoms with Crippen LogP contribution in [0.1, 0.15) is 25.8 Å². The number of likely N-dealkylation sites (tertiary alicyclic amines) is 1. The Morgan fingerprint density at radius 3 is 2.90 bits per heavy atom. The first-order valence-corrected chi connectivity index (χ1v) is 7.72. The van der Waals surface area contributed by atoms with Gasteiger partial charge >= 0.3 is 0 Å². The van der Waals surface area contributed by atoms with Crippen LogP contribution in [0.25, 0.3) is 10.9 Å². The predicted octanol–water partition coefficient (Wildman–Crippen LogP) is 2.98. The minimum Gasteiger partial charge on any atom is -0.493 e. The molecule has 3 rings (SSSR count). The van der Waals surface area contributed by atoms with Crippen molar-refractivity contribution in [3.63, 3.8) is 0 Å². The van der Waals surface area contributed by atoms with Gasteiger partial charge in [0.05, 0.1) is 13.0 Å². The quantitative estimate of drug-likeness (QED) is 0.918. The van der Waals surface area contributed by atoms with Gasteiger partial charge in [-0.25, -0.2) is 0 Å². The zero-order chi connectivity index (χ0) is 14.8.